The predicted molar refractivity (Wildman–Crippen MR) is 117 cm³/mol. The average Bonchev–Trinajstić information content (AvgIpc) is 3.01. The first-order chi connectivity index (χ1) is 15.5. The summed E-state index contributed by atoms with van der Waals surface area (Å²) >= 11 is 0. The van der Waals surface area contributed by atoms with E-state index in [1.807, 2.05) is 0 Å². The highest BCUT2D eigenvalue weighted by atomic mass is 16.7. The summed E-state index contributed by atoms with van der Waals surface area (Å²) in [4.78, 5) is 50.6. The van der Waals surface area contributed by atoms with Crippen molar-refractivity contribution in [2.75, 3.05) is 13.2 Å². The number of hydrogen-bond acceptors (Lipinski definition) is 8. The number of nitrogens with one attached hydrogen (secondary N) is 1. The Morgan fingerprint density at radius 3 is 2.58 bits per heavy atom. The van der Waals surface area contributed by atoms with Crippen molar-refractivity contribution in [3.8, 4) is 24.2 Å². The maximum Gasteiger partial charge on any atom is 0.330 e. The van der Waals surface area contributed by atoms with Crippen molar-refractivity contribution in [2.45, 2.75) is 65.1 Å². The molecular weight excluding hydrogens is 432 g/mol. The molecule has 1 fully saturated rings. The standard InChI is InChI=1S/C23H28N2O8/c1-7-9-11-23(31-13-8-2)16(14-30-20(28)22(4,5)6)33-19(18(23)32-15(3)26)25-12-10-17(27)24-21(25)29/h2,10,12,16,18-19H,11,13-14H2,1,3-6H3,(H,24,27,29)/t16-,18+,19-,23-/m1/s1. The van der Waals surface area contributed by atoms with Gasteiger partial charge in [0.1, 0.15) is 19.3 Å². The van der Waals surface area contributed by atoms with Gasteiger partial charge in [0.25, 0.3) is 5.56 Å². The zero-order valence-electron chi connectivity index (χ0n) is 19.3. The molecule has 1 aromatic rings. The summed E-state index contributed by atoms with van der Waals surface area (Å²) in [5, 5.41) is 0. The summed E-state index contributed by atoms with van der Waals surface area (Å²) in [6.07, 6.45) is 3.19. The molecule has 0 spiro atoms. The molecule has 2 heterocycles. The highest BCUT2D eigenvalue weighted by molar-refractivity contribution is 5.75. The Kier molecular flexibility index (Phi) is 8.26. The first-order valence-electron chi connectivity index (χ1n) is 10.2. The molecule has 178 valence electrons. The summed E-state index contributed by atoms with van der Waals surface area (Å²) in [6, 6.07) is 1.12. The van der Waals surface area contributed by atoms with Crippen molar-refractivity contribution in [1.29, 1.82) is 0 Å². The number of H-pyrrole nitrogens is 1. The molecular formula is C23H28N2O8. The van der Waals surface area contributed by atoms with Gasteiger partial charge in [0.2, 0.25) is 0 Å². The second-order valence-corrected chi connectivity index (χ2v) is 8.46. The molecule has 10 nitrogen and oxygen atoms in total. The normalized spacial score (nSPS) is 24.3. The number of aromatic amines is 1. The summed E-state index contributed by atoms with van der Waals surface area (Å²) in [6.45, 7) is 7.42. The highest BCUT2D eigenvalue weighted by Gasteiger charge is 2.61. The van der Waals surface area contributed by atoms with Crippen molar-refractivity contribution in [3.63, 3.8) is 0 Å². The smallest absolute Gasteiger partial charge is 0.330 e. The number of esters is 2. The summed E-state index contributed by atoms with van der Waals surface area (Å²) in [5.41, 5.74) is -3.65. The van der Waals surface area contributed by atoms with Gasteiger partial charge in [-0.25, -0.2) is 4.79 Å². The van der Waals surface area contributed by atoms with Crippen LogP contribution < -0.4 is 11.2 Å². The lowest BCUT2D eigenvalue weighted by atomic mass is 9.88. The van der Waals surface area contributed by atoms with Gasteiger partial charge in [-0.05, 0) is 27.7 Å². The van der Waals surface area contributed by atoms with Crippen LogP contribution in [-0.4, -0.2) is 52.5 Å². The number of rotatable bonds is 7. The van der Waals surface area contributed by atoms with E-state index in [0.29, 0.717) is 0 Å². The number of aromatic nitrogens is 2. The van der Waals surface area contributed by atoms with Crippen molar-refractivity contribution in [3.05, 3.63) is 33.1 Å². The quantitative estimate of drug-likeness (QED) is 0.467. The van der Waals surface area contributed by atoms with Crippen LogP contribution in [0.4, 0.5) is 0 Å². The number of terminal acetylenes is 1. The molecule has 0 radical (unpaired) electrons. The van der Waals surface area contributed by atoms with Gasteiger partial charge in [0.05, 0.1) is 5.41 Å². The number of nitrogens with zero attached hydrogens (tertiary/aromatic N) is 1. The van der Waals surface area contributed by atoms with Crippen LogP contribution >= 0.6 is 0 Å². The van der Waals surface area contributed by atoms with Crippen molar-refractivity contribution < 1.29 is 28.5 Å². The monoisotopic (exact) mass is 460 g/mol. The second-order valence-electron chi connectivity index (χ2n) is 8.46. The molecule has 0 amide bonds. The molecule has 0 aromatic carbocycles. The molecule has 0 aliphatic carbocycles. The van der Waals surface area contributed by atoms with Crippen LogP contribution in [0.15, 0.2) is 21.9 Å². The Morgan fingerprint density at radius 2 is 2.03 bits per heavy atom. The molecule has 0 bridgehead atoms. The number of carbonyl (C=O) groups excluding carboxylic acids is 2. The van der Waals surface area contributed by atoms with Crippen LogP contribution in [0.2, 0.25) is 0 Å². The van der Waals surface area contributed by atoms with Crippen molar-refractivity contribution >= 4 is 11.9 Å². The number of hydrogen-bond donors (Lipinski definition) is 1. The molecule has 4 atom stereocenters. The van der Waals surface area contributed by atoms with Crippen LogP contribution in [0.3, 0.4) is 0 Å². The molecule has 33 heavy (non-hydrogen) atoms. The lowest BCUT2D eigenvalue weighted by Crippen LogP contribution is -2.54. The van der Waals surface area contributed by atoms with Gasteiger partial charge in [0.15, 0.2) is 17.9 Å². The van der Waals surface area contributed by atoms with Crippen LogP contribution in [0, 0.1) is 29.6 Å². The Hall–Kier alpha value is -3.34. The minimum Gasteiger partial charge on any atom is -0.462 e. The Bertz CT molecular complexity index is 1090. The van der Waals surface area contributed by atoms with E-state index in [0.717, 1.165) is 10.6 Å². The minimum atomic E-state index is -1.47. The van der Waals surface area contributed by atoms with Crippen molar-refractivity contribution in [2.24, 2.45) is 5.41 Å². The zero-order valence-corrected chi connectivity index (χ0v) is 19.3. The van der Waals surface area contributed by atoms with Gasteiger partial charge in [-0.3, -0.25) is 23.9 Å². The van der Waals surface area contributed by atoms with Crippen LogP contribution in [0.1, 0.15) is 47.3 Å². The molecule has 0 unspecified atom stereocenters. The predicted octanol–water partition coefficient (Wildman–Crippen LogP) is 0.757. The molecule has 1 N–H and O–H groups in total. The minimum absolute atomic E-state index is 0.00450. The summed E-state index contributed by atoms with van der Waals surface area (Å²) in [7, 11) is 0. The van der Waals surface area contributed by atoms with Gasteiger partial charge >= 0.3 is 17.6 Å². The SMILES string of the molecule is C#CCO[C@]1(CC#CC)[C@@H](COC(=O)C(C)(C)C)O[C@@H](n2ccc(=O)[nH]c2=O)[C@@H]1OC(C)=O. The third kappa shape index (κ3) is 5.92. The van der Waals surface area contributed by atoms with Crippen LogP contribution in [-0.2, 0) is 28.5 Å². The van der Waals surface area contributed by atoms with E-state index in [4.69, 9.17) is 25.4 Å². The van der Waals surface area contributed by atoms with E-state index in [9.17, 15) is 19.2 Å². The van der Waals surface area contributed by atoms with E-state index in [1.54, 1.807) is 27.7 Å². The fourth-order valence-electron chi connectivity index (χ4n) is 3.35. The maximum absolute atomic E-state index is 12.5. The summed E-state index contributed by atoms with van der Waals surface area (Å²) in [5.74, 6) is 6.84. The lowest BCUT2D eigenvalue weighted by Gasteiger charge is -2.36. The average molecular weight is 460 g/mol. The fourth-order valence-corrected chi connectivity index (χ4v) is 3.35. The molecule has 2 rings (SSSR count). The van der Waals surface area contributed by atoms with Crippen LogP contribution in [0.5, 0.6) is 0 Å². The van der Waals surface area contributed by atoms with Crippen LogP contribution in [0.25, 0.3) is 0 Å². The third-order valence-electron chi connectivity index (χ3n) is 4.95. The van der Waals surface area contributed by atoms with Gasteiger partial charge in [-0.2, -0.15) is 0 Å². The zero-order chi connectivity index (χ0) is 24.8. The summed E-state index contributed by atoms with van der Waals surface area (Å²) < 4.78 is 24.1. The Labute approximate surface area is 191 Å². The first kappa shape index (κ1) is 25.9. The first-order valence-corrected chi connectivity index (χ1v) is 10.2. The van der Waals surface area contributed by atoms with Gasteiger partial charge in [-0.15, -0.1) is 18.3 Å². The maximum atomic E-state index is 12.5. The van der Waals surface area contributed by atoms with Gasteiger partial charge in [-0.1, -0.05) is 5.92 Å². The Morgan fingerprint density at radius 1 is 1.33 bits per heavy atom. The van der Waals surface area contributed by atoms with E-state index in [-0.39, 0.29) is 19.6 Å². The van der Waals surface area contributed by atoms with Gasteiger partial charge < -0.3 is 18.9 Å². The highest BCUT2D eigenvalue weighted by Crippen LogP contribution is 2.44. The van der Waals surface area contributed by atoms with E-state index in [1.165, 1.54) is 13.1 Å². The van der Waals surface area contributed by atoms with E-state index >= 15 is 0 Å². The molecule has 10 heteroatoms. The van der Waals surface area contributed by atoms with E-state index < -0.39 is 52.6 Å². The largest absolute Gasteiger partial charge is 0.462 e. The van der Waals surface area contributed by atoms with E-state index in [2.05, 4.69) is 22.7 Å². The fraction of sp³-hybridized carbons (Fsp3) is 0.565. The molecule has 1 aliphatic heterocycles. The lowest BCUT2D eigenvalue weighted by molar-refractivity contribution is -0.175. The molecule has 1 saturated heterocycles. The second kappa shape index (κ2) is 10.5. The topological polar surface area (TPSA) is 126 Å². The number of carbonyl (C=O) groups is 2. The third-order valence-corrected chi connectivity index (χ3v) is 4.95. The van der Waals surface area contributed by atoms with Crippen molar-refractivity contribution in [1.82, 2.24) is 9.55 Å². The molecule has 1 aromatic heterocycles. The molecule has 1 aliphatic rings. The Balaban J connectivity index is 2.62. The number of ether oxygens (including phenoxy) is 4. The van der Waals surface area contributed by atoms with Gasteiger partial charge in [0, 0.05) is 25.6 Å². The molecule has 0 saturated carbocycles.